The largest absolute Gasteiger partial charge is 0.493 e. The molecule has 0 aromatic heterocycles. The van der Waals surface area contributed by atoms with Crippen molar-refractivity contribution in [1.29, 1.82) is 5.26 Å². The van der Waals surface area contributed by atoms with E-state index in [1.807, 2.05) is 12.1 Å². The molecule has 0 saturated carbocycles. The molecule has 1 fully saturated rings. The van der Waals surface area contributed by atoms with Gasteiger partial charge in [0.05, 0.1) is 25.7 Å². The zero-order chi connectivity index (χ0) is 30.1. The highest BCUT2D eigenvalue weighted by atomic mass is 35.5. The Morgan fingerprint density at radius 1 is 0.773 bits per heavy atom. The van der Waals surface area contributed by atoms with Crippen molar-refractivity contribution in [3.05, 3.63) is 100 Å². The predicted octanol–water partition coefficient (Wildman–Crippen LogP) is 9.72. The lowest BCUT2D eigenvalue weighted by molar-refractivity contribution is 0.243. The monoisotopic (exact) mass is 610 g/mol. The minimum atomic E-state index is -0.517. The predicted molar refractivity (Wildman–Crippen MR) is 186 cm³/mol. The summed E-state index contributed by atoms with van der Waals surface area (Å²) in [7, 11) is 3.32. The van der Waals surface area contributed by atoms with Gasteiger partial charge in [0.25, 0.3) is 0 Å². The maximum atomic E-state index is 10.6. The Labute approximate surface area is 270 Å². The Kier molecular flexibility index (Phi) is 12.1. The second-order valence-corrected chi connectivity index (χ2v) is 12.0. The number of likely N-dealkylation sites (tertiary alicyclic amines) is 1. The molecule has 3 aromatic carbocycles. The number of benzene rings is 3. The van der Waals surface area contributed by atoms with E-state index in [9.17, 15) is 5.26 Å². The van der Waals surface area contributed by atoms with Crippen LogP contribution in [-0.4, -0.2) is 38.8 Å². The van der Waals surface area contributed by atoms with Crippen molar-refractivity contribution in [2.45, 2.75) is 70.1 Å². The average Bonchev–Trinajstić information content (AvgIpc) is 3.23. The van der Waals surface area contributed by atoms with Crippen molar-refractivity contribution < 1.29 is 9.47 Å². The second kappa shape index (κ2) is 16.0. The summed E-state index contributed by atoms with van der Waals surface area (Å²) in [6.45, 7) is 5.37. The molecule has 232 valence electrons. The number of ether oxygens (including phenoxy) is 2. The van der Waals surface area contributed by atoms with E-state index in [1.54, 1.807) is 19.8 Å². The lowest BCUT2D eigenvalue weighted by atomic mass is 9.74. The van der Waals surface area contributed by atoms with Crippen LogP contribution in [0.2, 0.25) is 0 Å². The molecule has 1 aliphatic heterocycles. The van der Waals surface area contributed by atoms with Gasteiger partial charge in [-0.05, 0) is 84.2 Å². The van der Waals surface area contributed by atoms with Gasteiger partial charge in [0.1, 0.15) is 0 Å². The van der Waals surface area contributed by atoms with Gasteiger partial charge in [0.2, 0.25) is 0 Å². The fraction of sp³-hybridized carbons (Fsp3) is 0.410. The van der Waals surface area contributed by atoms with E-state index < -0.39 is 5.41 Å². The molecular formula is C39H47ClN2O2. The molecular weight excluding hydrogens is 564 g/mol. The van der Waals surface area contributed by atoms with Crippen molar-refractivity contribution in [3.8, 4) is 17.6 Å². The molecule has 1 atom stereocenters. The number of rotatable bonds is 12. The number of hydrogen-bond acceptors (Lipinski definition) is 4. The minimum absolute atomic E-state index is 0. The van der Waals surface area contributed by atoms with Crippen molar-refractivity contribution in [1.82, 2.24) is 4.90 Å². The quantitative estimate of drug-likeness (QED) is 0.150. The number of hydrogen-bond donors (Lipinski definition) is 0. The number of nitrogens with zero attached hydrogens (tertiary/aromatic N) is 2. The number of methoxy groups -OCH3 is 2. The molecule has 5 rings (SSSR count). The third-order valence-corrected chi connectivity index (χ3v) is 9.40. The Hall–Kier alpha value is -3.52. The van der Waals surface area contributed by atoms with Crippen LogP contribution in [0.3, 0.4) is 0 Å². The van der Waals surface area contributed by atoms with Gasteiger partial charge < -0.3 is 14.4 Å². The van der Waals surface area contributed by atoms with Crippen molar-refractivity contribution in [3.63, 3.8) is 0 Å². The van der Waals surface area contributed by atoms with Crippen LogP contribution in [0.1, 0.15) is 92.5 Å². The molecule has 3 aromatic rings. The molecule has 2 aliphatic rings. The lowest BCUT2D eigenvalue weighted by Gasteiger charge is -2.32. The van der Waals surface area contributed by atoms with Crippen LogP contribution in [0, 0.1) is 11.3 Å². The van der Waals surface area contributed by atoms with Crippen molar-refractivity contribution in [2.75, 3.05) is 33.9 Å². The van der Waals surface area contributed by atoms with Gasteiger partial charge in [-0.15, -0.1) is 12.4 Å². The van der Waals surface area contributed by atoms with Crippen molar-refractivity contribution in [2.24, 2.45) is 0 Å². The molecule has 1 saturated heterocycles. The Morgan fingerprint density at radius 2 is 1.39 bits per heavy atom. The van der Waals surface area contributed by atoms with Gasteiger partial charge in [-0.2, -0.15) is 5.26 Å². The highest BCUT2D eigenvalue weighted by Gasteiger charge is 2.33. The van der Waals surface area contributed by atoms with E-state index in [1.165, 1.54) is 47.1 Å². The molecule has 0 radical (unpaired) electrons. The Morgan fingerprint density at radius 3 is 1.98 bits per heavy atom. The molecule has 1 heterocycles. The van der Waals surface area contributed by atoms with Crippen LogP contribution in [0.25, 0.3) is 17.7 Å². The van der Waals surface area contributed by atoms with E-state index in [0.717, 1.165) is 63.7 Å². The van der Waals surface area contributed by atoms with E-state index in [2.05, 4.69) is 84.6 Å². The van der Waals surface area contributed by atoms with Gasteiger partial charge in [-0.3, -0.25) is 0 Å². The molecule has 1 unspecified atom stereocenters. The average molecular weight is 611 g/mol. The Balaban J connectivity index is 0.00000442. The first-order valence-electron chi connectivity index (χ1n) is 16.1. The number of halogens is 1. The summed E-state index contributed by atoms with van der Waals surface area (Å²) < 4.78 is 11.1. The molecule has 0 amide bonds. The molecule has 44 heavy (non-hydrogen) atoms. The first kappa shape index (κ1) is 33.4. The standard InChI is InChI=1S/C39H46N2O2.ClH/c1-4-5-6-11-23-39(29-40,33-19-20-36(42-2)37(28-33)43-3)24-12-25-41-26-21-32(22-27-41)38-34-15-9-7-13-30(34)17-18-31-14-8-10-16-35(31)38;/h7-10,13-20,28H,4-6,11-12,21-27H2,1-3H3;1H. The van der Waals surface area contributed by atoms with Gasteiger partial charge in [-0.1, -0.05) is 105 Å². The first-order chi connectivity index (χ1) is 21.1. The molecule has 4 nitrogen and oxygen atoms in total. The number of fused-ring (bicyclic) bond motifs is 2. The molecule has 5 heteroatoms. The fourth-order valence-electron chi connectivity index (χ4n) is 6.92. The van der Waals surface area contributed by atoms with E-state index >= 15 is 0 Å². The van der Waals surface area contributed by atoms with E-state index in [4.69, 9.17) is 9.47 Å². The summed E-state index contributed by atoms with van der Waals surface area (Å²) in [4.78, 5) is 2.60. The smallest absolute Gasteiger partial charge is 0.161 e. The molecule has 0 bridgehead atoms. The highest BCUT2D eigenvalue weighted by molar-refractivity contribution is 5.94. The first-order valence-corrected chi connectivity index (χ1v) is 16.1. The summed E-state index contributed by atoms with van der Waals surface area (Å²) in [6.07, 6.45) is 14.0. The zero-order valence-electron chi connectivity index (χ0n) is 26.6. The van der Waals surface area contributed by atoms with Gasteiger partial charge in [-0.25, -0.2) is 0 Å². The van der Waals surface area contributed by atoms with Crippen LogP contribution >= 0.6 is 12.4 Å². The van der Waals surface area contributed by atoms with Crippen molar-refractivity contribution >= 4 is 30.1 Å². The van der Waals surface area contributed by atoms with Crippen LogP contribution in [0.4, 0.5) is 0 Å². The van der Waals surface area contributed by atoms with Crippen LogP contribution in [0.15, 0.2) is 72.3 Å². The fourth-order valence-corrected chi connectivity index (χ4v) is 6.92. The van der Waals surface area contributed by atoms with Crippen LogP contribution in [-0.2, 0) is 5.41 Å². The number of unbranched alkanes of at least 4 members (excludes halogenated alkanes) is 3. The third-order valence-electron chi connectivity index (χ3n) is 9.40. The maximum absolute atomic E-state index is 10.6. The molecule has 1 aliphatic carbocycles. The maximum Gasteiger partial charge on any atom is 0.161 e. The highest BCUT2D eigenvalue weighted by Crippen LogP contribution is 2.41. The van der Waals surface area contributed by atoms with Crippen LogP contribution < -0.4 is 9.47 Å². The summed E-state index contributed by atoms with van der Waals surface area (Å²) >= 11 is 0. The van der Waals surface area contributed by atoms with E-state index in [0.29, 0.717) is 11.5 Å². The minimum Gasteiger partial charge on any atom is -0.493 e. The molecule has 0 N–H and O–H groups in total. The van der Waals surface area contributed by atoms with E-state index in [-0.39, 0.29) is 12.4 Å². The third kappa shape index (κ3) is 7.40. The normalized spacial score (nSPS) is 15.7. The SMILES string of the molecule is CCCCCCC(C#N)(CCCN1CCC(=C2c3ccccc3C=Cc3ccccc32)CC1)c1ccc(OC)c(OC)c1.Cl. The Bertz CT molecular complexity index is 1440. The lowest BCUT2D eigenvalue weighted by Crippen LogP contribution is -2.33. The van der Waals surface area contributed by atoms with Gasteiger partial charge >= 0.3 is 0 Å². The number of nitriles is 1. The van der Waals surface area contributed by atoms with Crippen LogP contribution in [0.5, 0.6) is 11.5 Å². The van der Waals surface area contributed by atoms with Gasteiger partial charge in [0, 0.05) is 13.1 Å². The summed E-state index contributed by atoms with van der Waals surface area (Å²) in [5.74, 6) is 1.40. The molecule has 0 spiro atoms. The number of piperidine rings is 1. The summed E-state index contributed by atoms with van der Waals surface area (Å²) in [5, 5.41) is 10.6. The summed E-state index contributed by atoms with van der Waals surface area (Å²) in [6, 6.07) is 26.5. The zero-order valence-corrected chi connectivity index (χ0v) is 27.4. The topological polar surface area (TPSA) is 45.5 Å². The second-order valence-electron chi connectivity index (χ2n) is 12.0. The van der Waals surface area contributed by atoms with Gasteiger partial charge in [0.15, 0.2) is 11.5 Å². The summed E-state index contributed by atoms with van der Waals surface area (Å²) in [5.41, 5.74) is 8.82.